The van der Waals surface area contributed by atoms with Crippen molar-refractivity contribution in [3.8, 4) is 0 Å². The molecule has 2 aromatic carbocycles. The molecule has 1 atom stereocenters. The van der Waals surface area contributed by atoms with Crippen molar-refractivity contribution in [1.29, 1.82) is 0 Å². The van der Waals surface area contributed by atoms with Crippen LogP contribution in [0.5, 0.6) is 0 Å². The van der Waals surface area contributed by atoms with Gasteiger partial charge >= 0.3 is 7.12 Å². The van der Waals surface area contributed by atoms with Crippen molar-refractivity contribution in [2.45, 2.75) is 51.1 Å². The maximum atomic E-state index is 6.41. The number of para-hydroxylation sites is 2. The summed E-state index contributed by atoms with van der Waals surface area (Å²) in [4.78, 5) is 4.87. The number of rotatable bonds is 4. The van der Waals surface area contributed by atoms with Crippen LogP contribution in [0.15, 0.2) is 54.6 Å². The van der Waals surface area contributed by atoms with Gasteiger partial charge in [0.1, 0.15) is 5.82 Å². The van der Waals surface area contributed by atoms with Crippen molar-refractivity contribution in [3.05, 3.63) is 66.0 Å². The molecule has 0 amide bonds. The van der Waals surface area contributed by atoms with E-state index in [1.54, 1.807) is 0 Å². The Balaban J connectivity index is 1.72. The molecule has 0 aliphatic carbocycles. The van der Waals surface area contributed by atoms with E-state index in [-0.39, 0.29) is 24.1 Å². The average molecular weight is 362 g/mol. The number of nitrogens with zero attached hydrogens (tertiary/aromatic N) is 2. The molecule has 1 aliphatic heterocycles. The third-order valence-corrected chi connectivity index (χ3v) is 6.11. The molecule has 3 aromatic rings. The van der Waals surface area contributed by atoms with Gasteiger partial charge in [-0.1, -0.05) is 42.5 Å². The number of fused-ring (bicyclic) bond motifs is 1. The third-order valence-electron chi connectivity index (χ3n) is 6.11. The third kappa shape index (κ3) is 3.19. The van der Waals surface area contributed by atoms with E-state index in [2.05, 4.69) is 81.8 Å². The van der Waals surface area contributed by atoms with E-state index in [0.29, 0.717) is 0 Å². The van der Waals surface area contributed by atoms with Crippen LogP contribution in [0.25, 0.3) is 11.0 Å². The highest BCUT2D eigenvalue weighted by Gasteiger charge is 2.54. The lowest BCUT2D eigenvalue weighted by atomic mass is 9.66. The van der Waals surface area contributed by atoms with Crippen LogP contribution in [0.3, 0.4) is 0 Å². The fourth-order valence-electron chi connectivity index (χ4n) is 3.70. The predicted octanol–water partition coefficient (Wildman–Crippen LogP) is 4.53. The summed E-state index contributed by atoms with van der Waals surface area (Å²) < 4.78 is 15.0. The molecule has 0 radical (unpaired) electrons. The zero-order valence-electron chi connectivity index (χ0n) is 16.8. The summed E-state index contributed by atoms with van der Waals surface area (Å²) in [7, 11) is 1.77. The number of hydrogen-bond donors (Lipinski definition) is 0. The number of aryl methyl sites for hydroxylation is 1. The van der Waals surface area contributed by atoms with Crippen molar-refractivity contribution in [1.82, 2.24) is 9.55 Å². The van der Waals surface area contributed by atoms with Crippen LogP contribution in [0.1, 0.15) is 44.9 Å². The number of hydrogen-bond acceptors (Lipinski definition) is 3. The Morgan fingerprint density at radius 3 is 2.15 bits per heavy atom. The molecule has 4 nitrogen and oxygen atoms in total. The van der Waals surface area contributed by atoms with E-state index in [4.69, 9.17) is 14.3 Å². The molecule has 1 saturated heterocycles. The second kappa shape index (κ2) is 6.50. The molecular formula is C22H27BN2O2. The Morgan fingerprint density at radius 2 is 1.52 bits per heavy atom. The number of benzene rings is 2. The Hall–Kier alpha value is -2.11. The average Bonchev–Trinajstić information content (AvgIpc) is 3.06. The van der Waals surface area contributed by atoms with Gasteiger partial charge in [0.25, 0.3) is 0 Å². The molecule has 1 unspecified atom stereocenters. The zero-order valence-corrected chi connectivity index (χ0v) is 16.8. The normalized spacial score (nSPS) is 19.5. The van der Waals surface area contributed by atoms with Crippen LogP contribution in [-0.2, 0) is 22.8 Å². The monoisotopic (exact) mass is 362 g/mol. The lowest BCUT2D eigenvalue weighted by Gasteiger charge is -2.32. The zero-order chi connectivity index (χ0) is 19.2. The van der Waals surface area contributed by atoms with Crippen molar-refractivity contribution in [3.63, 3.8) is 0 Å². The van der Waals surface area contributed by atoms with E-state index in [9.17, 15) is 0 Å². The minimum Gasteiger partial charge on any atom is -0.403 e. The summed E-state index contributed by atoms with van der Waals surface area (Å²) >= 11 is 0. The SMILES string of the molecule is Cn1c(CC(B2OC(C)(C)C(C)(C)O2)c2ccccc2)nc2ccccc21. The van der Waals surface area contributed by atoms with Gasteiger partial charge in [0.05, 0.1) is 22.2 Å². The molecule has 1 aliphatic rings. The number of aromatic nitrogens is 2. The van der Waals surface area contributed by atoms with Gasteiger partial charge in [0.15, 0.2) is 0 Å². The van der Waals surface area contributed by atoms with Crippen LogP contribution >= 0.6 is 0 Å². The molecule has 27 heavy (non-hydrogen) atoms. The molecule has 0 bridgehead atoms. The second-order valence-electron chi connectivity index (χ2n) is 8.42. The summed E-state index contributed by atoms with van der Waals surface area (Å²) in [6, 6.07) is 18.7. The van der Waals surface area contributed by atoms with E-state index < -0.39 is 0 Å². The summed E-state index contributed by atoms with van der Waals surface area (Å²) in [6.07, 6.45) is 0.756. The van der Waals surface area contributed by atoms with Gasteiger partial charge in [-0.25, -0.2) is 4.98 Å². The first kappa shape index (κ1) is 18.3. The van der Waals surface area contributed by atoms with E-state index in [1.807, 2.05) is 12.1 Å². The summed E-state index contributed by atoms with van der Waals surface area (Å²) in [5.41, 5.74) is 2.68. The number of imidazole rings is 1. The topological polar surface area (TPSA) is 36.3 Å². The highest BCUT2D eigenvalue weighted by Crippen LogP contribution is 2.41. The maximum absolute atomic E-state index is 6.41. The first-order valence-electron chi connectivity index (χ1n) is 9.59. The van der Waals surface area contributed by atoms with E-state index in [0.717, 1.165) is 23.3 Å². The van der Waals surface area contributed by atoms with Gasteiger partial charge in [-0.3, -0.25) is 0 Å². The van der Waals surface area contributed by atoms with Crippen molar-refractivity contribution < 1.29 is 9.31 Å². The highest BCUT2D eigenvalue weighted by atomic mass is 16.7. The lowest BCUT2D eigenvalue weighted by molar-refractivity contribution is 0.00578. The Morgan fingerprint density at radius 1 is 0.926 bits per heavy atom. The molecule has 5 heteroatoms. The van der Waals surface area contributed by atoms with Crippen LogP contribution in [0, 0.1) is 0 Å². The van der Waals surface area contributed by atoms with E-state index >= 15 is 0 Å². The molecule has 1 aromatic heterocycles. The quantitative estimate of drug-likeness (QED) is 0.640. The van der Waals surface area contributed by atoms with Gasteiger partial charge in [-0.15, -0.1) is 0 Å². The van der Waals surface area contributed by atoms with Gasteiger partial charge in [0, 0.05) is 19.3 Å². The van der Waals surface area contributed by atoms with Crippen LogP contribution in [0.2, 0.25) is 0 Å². The maximum Gasteiger partial charge on any atom is 0.466 e. The molecule has 0 spiro atoms. The van der Waals surface area contributed by atoms with Gasteiger partial charge in [0.2, 0.25) is 0 Å². The van der Waals surface area contributed by atoms with E-state index in [1.165, 1.54) is 5.56 Å². The van der Waals surface area contributed by atoms with Gasteiger partial charge < -0.3 is 13.9 Å². The van der Waals surface area contributed by atoms with Gasteiger partial charge in [-0.2, -0.15) is 0 Å². The Kier molecular flexibility index (Phi) is 4.40. The molecule has 2 heterocycles. The Labute approximate surface area is 161 Å². The summed E-state index contributed by atoms with van der Waals surface area (Å²) in [5.74, 6) is 1.11. The smallest absolute Gasteiger partial charge is 0.403 e. The predicted molar refractivity (Wildman–Crippen MR) is 110 cm³/mol. The molecule has 4 rings (SSSR count). The standard InChI is InChI=1S/C22H27BN2O2/c1-21(2)22(3,4)27-23(26-21)17(16-11-7-6-8-12-16)15-20-24-18-13-9-10-14-19(18)25(20)5/h6-14,17H,15H2,1-5H3. The van der Waals surface area contributed by atoms with Crippen molar-refractivity contribution in [2.24, 2.45) is 7.05 Å². The molecule has 1 fully saturated rings. The van der Waals surface area contributed by atoms with Crippen molar-refractivity contribution >= 4 is 18.2 Å². The highest BCUT2D eigenvalue weighted by molar-refractivity contribution is 6.47. The fourth-order valence-corrected chi connectivity index (χ4v) is 3.70. The lowest BCUT2D eigenvalue weighted by Crippen LogP contribution is -2.41. The van der Waals surface area contributed by atoms with Gasteiger partial charge in [-0.05, 0) is 45.4 Å². The molecule has 0 N–H and O–H groups in total. The largest absolute Gasteiger partial charge is 0.466 e. The second-order valence-corrected chi connectivity index (χ2v) is 8.42. The molecule has 0 saturated carbocycles. The first-order chi connectivity index (χ1) is 12.8. The molecular weight excluding hydrogens is 335 g/mol. The minimum atomic E-state index is -0.350. The molecule has 140 valence electrons. The van der Waals surface area contributed by atoms with Crippen molar-refractivity contribution in [2.75, 3.05) is 0 Å². The first-order valence-corrected chi connectivity index (χ1v) is 9.59. The minimum absolute atomic E-state index is 0.0720. The Bertz CT molecular complexity index is 933. The van der Waals surface area contributed by atoms with Crippen LogP contribution < -0.4 is 0 Å². The summed E-state index contributed by atoms with van der Waals surface area (Å²) in [5, 5.41) is 0. The fraction of sp³-hybridized carbons (Fsp3) is 0.409. The van der Waals surface area contributed by atoms with Crippen LogP contribution in [0.4, 0.5) is 0 Å². The summed E-state index contributed by atoms with van der Waals surface area (Å²) in [6.45, 7) is 8.41. The van der Waals surface area contributed by atoms with Crippen LogP contribution in [-0.4, -0.2) is 27.9 Å².